The van der Waals surface area contributed by atoms with E-state index in [1.165, 1.54) is 6.20 Å². The number of carbonyl (C=O) groups is 2. The minimum atomic E-state index is -0.459. The number of hydrogen-bond donors (Lipinski definition) is 2. The van der Waals surface area contributed by atoms with Crippen molar-refractivity contribution in [1.82, 2.24) is 10.3 Å². The van der Waals surface area contributed by atoms with Gasteiger partial charge >= 0.3 is 0 Å². The largest absolute Gasteiger partial charge is 0.399 e. The van der Waals surface area contributed by atoms with Gasteiger partial charge in [-0.2, -0.15) is 0 Å². The molecular formula is C14H13N3O2. The zero-order valence-electron chi connectivity index (χ0n) is 10.4. The molecule has 2 rings (SSSR count). The summed E-state index contributed by atoms with van der Waals surface area (Å²) in [5, 5.41) is 2.31. The average molecular weight is 255 g/mol. The van der Waals surface area contributed by atoms with Crippen LogP contribution in [0.2, 0.25) is 0 Å². The standard InChI is InChI=1S/C14H13N3O2/c1-9-8-11(6-7-16-9)14(19)17-13(18)10-2-4-12(15)5-3-10/h2-8H,15H2,1H3,(H,17,18,19). The Balaban J connectivity index is 2.11. The minimum Gasteiger partial charge on any atom is -0.399 e. The van der Waals surface area contributed by atoms with E-state index in [1.807, 2.05) is 0 Å². The highest BCUT2D eigenvalue weighted by atomic mass is 16.2. The molecule has 2 aromatic rings. The molecule has 5 nitrogen and oxygen atoms in total. The van der Waals surface area contributed by atoms with Crippen LogP contribution in [0.1, 0.15) is 26.4 Å². The Bertz CT molecular complexity index is 621. The highest BCUT2D eigenvalue weighted by Crippen LogP contribution is 2.06. The Morgan fingerprint density at radius 3 is 2.32 bits per heavy atom. The van der Waals surface area contributed by atoms with Crippen molar-refractivity contribution in [3.63, 3.8) is 0 Å². The number of hydrogen-bond acceptors (Lipinski definition) is 4. The van der Waals surface area contributed by atoms with Crippen molar-refractivity contribution in [3.8, 4) is 0 Å². The van der Waals surface area contributed by atoms with E-state index in [-0.39, 0.29) is 0 Å². The van der Waals surface area contributed by atoms with Crippen LogP contribution in [-0.2, 0) is 0 Å². The summed E-state index contributed by atoms with van der Waals surface area (Å²) in [6.07, 6.45) is 1.53. The maximum atomic E-state index is 11.9. The molecule has 1 heterocycles. The van der Waals surface area contributed by atoms with Gasteiger partial charge in [-0.05, 0) is 43.3 Å². The SMILES string of the molecule is Cc1cc(C(=O)NC(=O)c2ccc(N)cc2)ccn1. The molecule has 0 aliphatic rings. The number of nitrogens with one attached hydrogen (secondary N) is 1. The summed E-state index contributed by atoms with van der Waals surface area (Å²) in [5.74, 6) is -0.910. The summed E-state index contributed by atoms with van der Waals surface area (Å²) >= 11 is 0. The fourth-order valence-electron chi connectivity index (χ4n) is 1.57. The van der Waals surface area contributed by atoms with Gasteiger partial charge in [0.15, 0.2) is 0 Å². The summed E-state index contributed by atoms with van der Waals surface area (Å²) < 4.78 is 0. The van der Waals surface area contributed by atoms with Gasteiger partial charge in [0, 0.05) is 28.7 Å². The molecule has 19 heavy (non-hydrogen) atoms. The molecule has 0 saturated carbocycles. The Kier molecular flexibility index (Phi) is 3.56. The van der Waals surface area contributed by atoms with E-state index >= 15 is 0 Å². The molecule has 96 valence electrons. The van der Waals surface area contributed by atoms with Gasteiger partial charge in [-0.3, -0.25) is 19.9 Å². The lowest BCUT2D eigenvalue weighted by atomic mass is 10.2. The fraction of sp³-hybridized carbons (Fsp3) is 0.0714. The van der Waals surface area contributed by atoms with Crippen molar-refractivity contribution in [2.45, 2.75) is 6.92 Å². The van der Waals surface area contributed by atoms with E-state index in [4.69, 9.17) is 5.73 Å². The zero-order valence-corrected chi connectivity index (χ0v) is 10.4. The first-order valence-electron chi connectivity index (χ1n) is 5.70. The first-order valence-corrected chi connectivity index (χ1v) is 5.70. The minimum absolute atomic E-state index is 0.383. The number of aryl methyl sites for hydroxylation is 1. The lowest BCUT2D eigenvalue weighted by Gasteiger charge is -2.05. The molecular weight excluding hydrogens is 242 g/mol. The van der Waals surface area contributed by atoms with Crippen LogP contribution in [0, 0.1) is 6.92 Å². The van der Waals surface area contributed by atoms with E-state index < -0.39 is 11.8 Å². The summed E-state index contributed by atoms with van der Waals surface area (Å²) in [4.78, 5) is 27.7. The van der Waals surface area contributed by atoms with Gasteiger partial charge in [0.2, 0.25) is 0 Å². The van der Waals surface area contributed by atoms with Crippen molar-refractivity contribution in [2.75, 3.05) is 5.73 Å². The molecule has 1 aromatic carbocycles. The summed E-state index contributed by atoms with van der Waals surface area (Å²) in [5.41, 5.74) is 7.59. The molecule has 0 radical (unpaired) electrons. The Morgan fingerprint density at radius 1 is 1.05 bits per heavy atom. The molecule has 0 saturated heterocycles. The molecule has 0 unspecified atom stereocenters. The Morgan fingerprint density at radius 2 is 1.68 bits per heavy atom. The molecule has 0 atom stereocenters. The number of rotatable bonds is 2. The number of imide groups is 1. The third-order valence-electron chi connectivity index (χ3n) is 2.56. The maximum Gasteiger partial charge on any atom is 0.258 e. The van der Waals surface area contributed by atoms with Crippen LogP contribution in [0.3, 0.4) is 0 Å². The molecule has 0 fully saturated rings. The lowest BCUT2D eigenvalue weighted by molar-refractivity contribution is 0.0849. The van der Waals surface area contributed by atoms with Crippen LogP contribution in [0.15, 0.2) is 42.6 Å². The second-order valence-electron chi connectivity index (χ2n) is 4.09. The van der Waals surface area contributed by atoms with Gasteiger partial charge in [-0.25, -0.2) is 0 Å². The van der Waals surface area contributed by atoms with Gasteiger partial charge in [0.25, 0.3) is 11.8 Å². The zero-order chi connectivity index (χ0) is 13.8. The molecule has 3 N–H and O–H groups in total. The highest BCUT2D eigenvalue weighted by Gasteiger charge is 2.12. The Hall–Kier alpha value is -2.69. The predicted molar refractivity (Wildman–Crippen MR) is 71.6 cm³/mol. The quantitative estimate of drug-likeness (QED) is 0.629. The van der Waals surface area contributed by atoms with Crippen molar-refractivity contribution >= 4 is 17.5 Å². The van der Waals surface area contributed by atoms with Crippen LogP contribution in [0.25, 0.3) is 0 Å². The first kappa shape index (κ1) is 12.8. The third kappa shape index (κ3) is 3.16. The molecule has 0 aliphatic carbocycles. The Labute approximate surface area is 110 Å². The summed E-state index contributed by atoms with van der Waals surface area (Å²) in [7, 11) is 0. The number of carbonyl (C=O) groups excluding carboxylic acids is 2. The van der Waals surface area contributed by atoms with Crippen molar-refractivity contribution in [1.29, 1.82) is 0 Å². The highest BCUT2D eigenvalue weighted by molar-refractivity contribution is 6.10. The van der Waals surface area contributed by atoms with E-state index in [9.17, 15) is 9.59 Å². The van der Waals surface area contributed by atoms with Gasteiger partial charge in [-0.15, -0.1) is 0 Å². The fourth-order valence-corrected chi connectivity index (χ4v) is 1.57. The van der Waals surface area contributed by atoms with Crippen molar-refractivity contribution < 1.29 is 9.59 Å². The van der Waals surface area contributed by atoms with Crippen LogP contribution < -0.4 is 11.1 Å². The third-order valence-corrected chi connectivity index (χ3v) is 2.56. The van der Waals surface area contributed by atoms with Crippen LogP contribution in [0.5, 0.6) is 0 Å². The number of benzene rings is 1. The second-order valence-corrected chi connectivity index (χ2v) is 4.09. The number of anilines is 1. The van der Waals surface area contributed by atoms with E-state index in [0.29, 0.717) is 22.5 Å². The van der Waals surface area contributed by atoms with Gasteiger partial charge < -0.3 is 5.73 Å². The van der Waals surface area contributed by atoms with E-state index in [1.54, 1.807) is 43.3 Å². The topological polar surface area (TPSA) is 85.1 Å². The number of nitrogens with two attached hydrogens (primary N) is 1. The van der Waals surface area contributed by atoms with Crippen molar-refractivity contribution in [2.24, 2.45) is 0 Å². The molecule has 0 aliphatic heterocycles. The summed E-state index contributed by atoms with van der Waals surface area (Å²) in [6, 6.07) is 9.52. The number of pyridine rings is 1. The molecule has 2 amide bonds. The monoisotopic (exact) mass is 255 g/mol. The van der Waals surface area contributed by atoms with Gasteiger partial charge in [-0.1, -0.05) is 0 Å². The average Bonchev–Trinajstić information content (AvgIpc) is 2.39. The summed E-state index contributed by atoms with van der Waals surface area (Å²) in [6.45, 7) is 1.78. The smallest absolute Gasteiger partial charge is 0.258 e. The van der Waals surface area contributed by atoms with Crippen LogP contribution in [0.4, 0.5) is 5.69 Å². The van der Waals surface area contributed by atoms with E-state index in [2.05, 4.69) is 10.3 Å². The normalized spacial score (nSPS) is 9.95. The van der Waals surface area contributed by atoms with E-state index in [0.717, 1.165) is 0 Å². The molecule has 5 heteroatoms. The number of aromatic nitrogens is 1. The van der Waals surface area contributed by atoms with Crippen LogP contribution >= 0.6 is 0 Å². The number of nitrogens with zero attached hydrogens (tertiary/aromatic N) is 1. The first-order chi connectivity index (χ1) is 9.06. The molecule has 1 aromatic heterocycles. The van der Waals surface area contributed by atoms with Gasteiger partial charge in [0.1, 0.15) is 0 Å². The molecule has 0 spiro atoms. The number of nitrogen functional groups attached to an aromatic ring is 1. The maximum absolute atomic E-state index is 11.9. The van der Waals surface area contributed by atoms with Gasteiger partial charge in [0.05, 0.1) is 0 Å². The van der Waals surface area contributed by atoms with Crippen molar-refractivity contribution in [3.05, 3.63) is 59.4 Å². The molecule has 0 bridgehead atoms. The number of amides is 2. The second kappa shape index (κ2) is 5.30. The van der Waals surface area contributed by atoms with Crippen LogP contribution in [-0.4, -0.2) is 16.8 Å². The predicted octanol–water partition coefficient (Wildman–Crippen LogP) is 1.54. The lowest BCUT2D eigenvalue weighted by Crippen LogP contribution is -2.30.